The fourth-order valence-corrected chi connectivity index (χ4v) is 5.88. The van der Waals surface area contributed by atoms with Crippen LogP contribution in [-0.2, 0) is 10.0 Å². The second-order valence-corrected chi connectivity index (χ2v) is 8.47. The molecule has 1 aliphatic heterocycles. The van der Waals surface area contributed by atoms with Gasteiger partial charge in [0.1, 0.15) is 0 Å². The van der Waals surface area contributed by atoms with E-state index >= 15 is 0 Å². The number of rotatable bonds is 5. The van der Waals surface area contributed by atoms with Gasteiger partial charge < -0.3 is 0 Å². The van der Waals surface area contributed by atoms with Gasteiger partial charge in [-0.3, -0.25) is 0 Å². The van der Waals surface area contributed by atoms with E-state index in [1.54, 1.807) is 4.31 Å². The van der Waals surface area contributed by atoms with E-state index in [-0.39, 0.29) is 17.7 Å². The van der Waals surface area contributed by atoms with Gasteiger partial charge in [-0.1, -0.05) is 66.0 Å². The van der Waals surface area contributed by atoms with Gasteiger partial charge in [0, 0.05) is 17.9 Å². The Morgan fingerprint density at radius 2 is 1.95 bits per heavy atom. The predicted octanol–water partition coefficient (Wildman–Crippen LogP) is 3.76. The van der Waals surface area contributed by atoms with Crippen molar-refractivity contribution in [1.29, 1.82) is 0 Å². The van der Waals surface area contributed by atoms with Gasteiger partial charge in [-0.15, -0.1) is 0 Å². The minimum atomic E-state index is -3.21. The van der Waals surface area contributed by atoms with E-state index in [0.717, 1.165) is 36.6 Å². The number of benzene rings is 1. The van der Waals surface area contributed by atoms with Gasteiger partial charge in [0.2, 0.25) is 10.0 Å². The average Bonchev–Trinajstić information content (AvgIpc) is 2.73. The highest BCUT2D eigenvalue weighted by molar-refractivity contribution is 9.09. The molecular weight excluding hydrogens is 350 g/mol. The maximum absolute atomic E-state index is 12.8. The summed E-state index contributed by atoms with van der Waals surface area (Å²) in [6.45, 7) is 2.66. The van der Waals surface area contributed by atoms with Crippen LogP contribution in [-0.4, -0.2) is 36.4 Å². The van der Waals surface area contributed by atoms with Crippen LogP contribution < -0.4 is 0 Å². The zero-order valence-electron chi connectivity index (χ0n) is 12.5. The summed E-state index contributed by atoms with van der Waals surface area (Å²) in [5.41, 5.74) is 1.09. The SMILES string of the molecule is CC(CS(=O)(=O)N1CCCCCC1CBr)c1ccccc1. The molecule has 0 spiro atoms. The summed E-state index contributed by atoms with van der Waals surface area (Å²) in [6.07, 6.45) is 4.19. The van der Waals surface area contributed by atoms with Crippen molar-refractivity contribution in [1.82, 2.24) is 4.31 Å². The molecule has 0 bridgehead atoms. The highest BCUT2D eigenvalue weighted by Gasteiger charge is 2.31. The molecule has 1 heterocycles. The summed E-state index contributed by atoms with van der Waals surface area (Å²) < 4.78 is 27.3. The molecule has 1 fully saturated rings. The first-order chi connectivity index (χ1) is 10.0. The quantitative estimate of drug-likeness (QED) is 0.736. The monoisotopic (exact) mass is 373 g/mol. The molecule has 118 valence electrons. The van der Waals surface area contributed by atoms with Gasteiger partial charge in [0.25, 0.3) is 0 Å². The largest absolute Gasteiger partial charge is 0.214 e. The van der Waals surface area contributed by atoms with Crippen LogP contribution in [0.5, 0.6) is 0 Å². The molecule has 3 nitrogen and oxygen atoms in total. The Hall–Kier alpha value is -0.390. The highest BCUT2D eigenvalue weighted by atomic mass is 79.9. The first kappa shape index (κ1) is 17.0. The molecule has 2 rings (SSSR count). The van der Waals surface area contributed by atoms with Crippen molar-refractivity contribution in [2.45, 2.75) is 44.6 Å². The maximum atomic E-state index is 12.8. The minimum Gasteiger partial charge on any atom is -0.212 e. The summed E-state index contributed by atoms with van der Waals surface area (Å²) in [6, 6.07) is 10.0. The number of halogens is 1. The lowest BCUT2D eigenvalue weighted by atomic mass is 10.0. The third kappa shape index (κ3) is 4.54. The zero-order chi connectivity index (χ0) is 15.3. The van der Waals surface area contributed by atoms with Crippen molar-refractivity contribution < 1.29 is 8.42 Å². The Morgan fingerprint density at radius 1 is 1.24 bits per heavy atom. The number of nitrogens with zero attached hydrogens (tertiary/aromatic N) is 1. The van der Waals surface area contributed by atoms with Crippen LogP contribution in [0.1, 0.15) is 44.1 Å². The maximum Gasteiger partial charge on any atom is 0.214 e. The molecular formula is C16H24BrNO2S. The molecule has 1 saturated heterocycles. The minimum absolute atomic E-state index is 0.0235. The zero-order valence-corrected chi connectivity index (χ0v) is 14.9. The molecule has 0 amide bonds. The van der Waals surface area contributed by atoms with Gasteiger partial charge >= 0.3 is 0 Å². The van der Waals surface area contributed by atoms with Crippen molar-refractivity contribution in [3.05, 3.63) is 35.9 Å². The molecule has 2 atom stereocenters. The molecule has 0 radical (unpaired) electrons. The number of alkyl halides is 1. The van der Waals surface area contributed by atoms with Crippen LogP contribution >= 0.6 is 15.9 Å². The van der Waals surface area contributed by atoms with Crippen LogP contribution in [0.3, 0.4) is 0 Å². The van der Waals surface area contributed by atoms with E-state index in [9.17, 15) is 8.42 Å². The summed E-state index contributed by atoms with van der Waals surface area (Å²) in [5, 5.41) is 0.728. The van der Waals surface area contributed by atoms with Crippen molar-refractivity contribution in [3.8, 4) is 0 Å². The van der Waals surface area contributed by atoms with Gasteiger partial charge in [-0.05, 0) is 24.3 Å². The van der Waals surface area contributed by atoms with Crippen LogP contribution in [0.2, 0.25) is 0 Å². The number of hydrogen-bond acceptors (Lipinski definition) is 2. The Balaban J connectivity index is 2.12. The van der Waals surface area contributed by atoms with Crippen molar-refractivity contribution in [3.63, 3.8) is 0 Å². The first-order valence-corrected chi connectivity index (χ1v) is 10.4. The van der Waals surface area contributed by atoms with Crippen molar-refractivity contribution in [2.24, 2.45) is 0 Å². The van der Waals surface area contributed by atoms with Crippen LogP contribution in [0.25, 0.3) is 0 Å². The lowest BCUT2D eigenvalue weighted by Gasteiger charge is -2.29. The standard InChI is InChI=1S/C16H24BrNO2S/c1-14(15-8-4-2-5-9-15)13-21(19,20)18-11-7-3-6-10-16(18)12-17/h2,4-5,8-9,14,16H,3,6-7,10-13H2,1H3. The van der Waals surface area contributed by atoms with Gasteiger partial charge in [-0.2, -0.15) is 4.31 Å². The van der Waals surface area contributed by atoms with Crippen LogP contribution in [0.4, 0.5) is 0 Å². The molecule has 0 N–H and O–H groups in total. The second-order valence-electron chi connectivity index (χ2n) is 5.86. The molecule has 0 aliphatic carbocycles. The number of sulfonamides is 1. The summed E-state index contributed by atoms with van der Waals surface area (Å²) in [4.78, 5) is 0. The summed E-state index contributed by atoms with van der Waals surface area (Å²) in [5.74, 6) is 0.218. The Morgan fingerprint density at radius 3 is 2.62 bits per heavy atom. The summed E-state index contributed by atoms with van der Waals surface area (Å²) >= 11 is 3.48. The molecule has 1 aliphatic rings. The lowest BCUT2D eigenvalue weighted by Crippen LogP contribution is -2.42. The van der Waals surface area contributed by atoms with E-state index in [2.05, 4.69) is 15.9 Å². The third-order valence-electron chi connectivity index (χ3n) is 4.19. The van der Waals surface area contributed by atoms with Crippen LogP contribution in [0, 0.1) is 0 Å². The van der Waals surface area contributed by atoms with E-state index in [1.807, 2.05) is 37.3 Å². The second kappa shape index (κ2) is 7.75. The molecule has 1 aromatic carbocycles. The fraction of sp³-hybridized carbons (Fsp3) is 0.625. The van der Waals surface area contributed by atoms with E-state index in [1.165, 1.54) is 0 Å². The van der Waals surface area contributed by atoms with Crippen molar-refractivity contribution in [2.75, 3.05) is 17.6 Å². The Kier molecular flexibility index (Phi) is 6.26. The topological polar surface area (TPSA) is 37.4 Å². The normalized spacial score (nSPS) is 22.7. The first-order valence-electron chi connectivity index (χ1n) is 7.65. The average molecular weight is 374 g/mol. The highest BCUT2D eigenvalue weighted by Crippen LogP contribution is 2.25. The van der Waals surface area contributed by atoms with Gasteiger partial charge in [-0.25, -0.2) is 8.42 Å². The third-order valence-corrected chi connectivity index (χ3v) is 7.05. The van der Waals surface area contributed by atoms with E-state index < -0.39 is 10.0 Å². The Bertz CT molecular complexity index is 532. The van der Waals surface area contributed by atoms with Crippen molar-refractivity contribution >= 4 is 26.0 Å². The van der Waals surface area contributed by atoms with Crippen LogP contribution in [0.15, 0.2) is 30.3 Å². The fourth-order valence-electron chi connectivity index (χ4n) is 2.96. The smallest absolute Gasteiger partial charge is 0.212 e. The van der Waals surface area contributed by atoms with Gasteiger partial charge in [0.05, 0.1) is 5.75 Å². The van der Waals surface area contributed by atoms with E-state index in [0.29, 0.717) is 6.54 Å². The summed E-state index contributed by atoms with van der Waals surface area (Å²) in [7, 11) is -3.21. The molecule has 0 aromatic heterocycles. The number of hydrogen-bond donors (Lipinski definition) is 0. The molecule has 1 aromatic rings. The molecule has 2 unspecified atom stereocenters. The molecule has 5 heteroatoms. The predicted molar refractivity (Wildman–Crippen MR) is 91.4 cm³/mol. The van der Waals surface area contributed by atoms with Gasteiger partial charge in [0.15, 0.2) is 0 Å². The lowest BCUT2D eigenvalue weighted by molar-refractivity contribution is 0.346. The molecule has 0 saturated carbocycles. The molecule has 21 heavy (non-hydrogen) atoms. The van der Waals surface area contributed by atoms with E-state index in [4.69, 9.17) is 0 Å². The Labute approximate surface area is 136 Å².